The molecule has 15 heavy (non-hydrogen) atoms. The van der Waals surface area contributed by atoms with Crippen LogP contribution in [0, 0.1) is 5.92 Å². The summed E-state index contributed by atoms with van der Waals surface area (Å²) in [6.45, 7) is 3.08. The number of unbranched alkanes of at least 4 members (excludes halogenated alkanes) is 1. The standard InChI is InChI=1S/C11H22N2O2/c1-15-11(14)13-7-3-2-4-10-5-8-12-9-6-10/h10,12H,2-9H2,1H3,(H,13,14). The summed E-state index contributed by atoms with van der Waals surface area (Å²) >= 11 is 0. The van der Waals surface area contributed by atoms with Crippen molar-refractivity contribution in [2.45, 2.75) is 32.1 Å². The molecule has 0 bridgehead atoms. The first-order chi connectivity index (χ1) is 7.33. The first-order valence-corrected chi connectivity index (χ1v) is 5.85. The molecule has 1 rings (SSSR count). The number of ether oxygens (including phenoxy) is 1. The van der Waals surface area contributed by atoms with Crippen molar-refractivity contribution in [3.8, 4) is 0 Å². The highest BCUT2D eigenvalue weighted by molar-refractivity contribution is 5.66. The van der Waals surface area contributed by atoms with E-state index in [4.69, 9.17) is 0 Å². The van der Waals surface area contributed by atoms with Gasteiger partial charge in [-0.1, -0.05) is 12.8 Å². The van der Waals surface area contributed by atoms with E-state index in [1.165, 1.54) is 45.9 Å². The molecule has 0 unspecified atom stereocenters. The average Bonchev–Trinajstić information content (AvgIpc) is 2.29. The Kier molecular flexibility index (Phi) is 6.16. The number of methoxy groups -OCH3 is 1. The molecule has 0 radical (unpaired) electrons. The minimum Gasteiger partial charge on any atom is -0.453 e. The van der Waals surface area contributed by atoms with Crippen molar-refractivity contribution in [3.63, 3.8) is 0 Å². The summed E-state index contributed by atoms with van der Waals surface area (Å²) in [7, 11) is 1.39. The molecule has 4 nitrogen and oxygen atoms in total. The van der Waals surface area contributed by atoms with Gasteiger partial charge in [-0.05, 0) is 38.3 Å². The molecule has 2 N–H and O–H groups in total. The lowest BCUT2D eigenvalue weighted by molar-refractivity contribution is 0.170. The Morgan fingerprint density at radius 3 is 2.80 bits per heavy atom. The highest BCUT2D eigenvalue weighted by Crippen LogP contribution is 2.18. The number of piperidine rings is 1. The number of carbonyl (C=O) groups excluding carboxylic acids is 1. The topological polar surface area (TPSA) is 50.4 Å². The molecule has 0 saturated carbocycles. The quantitative estimate of drug-likeness (QED) is 0.682. The van der Waals surface area contributed by atoms with Gasteiger partial charge in [0, 0.05) is 6.54 Å². The van der Waals surface area contributed by atoms with Crippen LogP contribution in [-0.4, -0.2) is 32.8 Å². The molecule has 0 aromatic rings. The molecule has 1 saturated heterocycles. The molecule has 1 amide bonds. The highest BCUT2D eigenvalue weighted by Gasteiger charge is 2.11. The molecule has 1 aliphatic heterocycles. The summed E-state index contributed by atoms with van der Waals surface area (Å²) in [4.78, 5) is 10.7. The van der Waals surface area contributed by atoms with Crippen LogP contribution in [0.25, 0.3) is 0 Å². The number of nitrogens with one attached hydrogen (secondary N) is 2. The van der Waals surface area contributed by atoms with Gasteiger partial charge in [0.2, 0.25) is 0 Å². The lowest BCUT2D eigenvalue weighted by Gasteiger charge is -2.22. The molecule has 1 heterocycles. The molecular weight excluding hydrogens is 192 g/mol. The summed E-state index contributed by atoms with van der Waals surface area (Å²) in [5.41, 5.74) is 0. The molecule has 1 aliphatic rings. The summed E-state index contributed by atoms with van der Waals surface area (Å²) in [5.74, 6) is 0.893. The van der Waals surface area contributed by atoms with Gasteiger partial charge in [0.25, 0.3) is 0 Å². The van der Waals surface area contributed by atoms with Crippen LogP contribution in [0.5, 0.6) is 0 Å². The number of hydrogen-bond acceptors (Lipinski definition) is 3. The van der Waals surface area contributed by atoms with Gasteiger partial charge in [-0.2, -0.15) is 0 Å². The number of amides is 1. The van der Waals surface area contributed by atoms with E-state index in [-0.39, 0.29) is 6.09 Å². The Morgan fingerprint density at radius 1 is 1.40 bits per heavy atom. The Hall–Kier alpha value is -0.770. The molecule has 0 atom stereocenters. The van der Waals surface area contributed by atoms with E-state index in [1.54, 1.807) is 0 Å². The number of carbonyl (C=O) groups is 1. The van der Waals surface area contributed by atoms with Crippen molar-refractivity contribution in [1.82, 2.24) is 10.6 Å². The van der Waals surface area contributed by atoms with Crippen LogP contribution in [0.1, 0.15) is 32.1 Å². The second kappa shape index (κ2) is 7.51. The van der Waals surface area contributed by atoms with Gasteiger partial charge >= 0.3 is 6.09 Å². The highest BCUT2D eigenvalue weighted by atomic mass is 16.5. The molecule has 0 aliphatic carbocycles. The fourth-order valence-electron chi connectivity index (χ4n) is 1.99. The van der Waals surface area contributed by atoms with Crippen LogP contribution < -0.4 is 10.6 Å². The predicted octanol–water partition coefficient (Wildman–Crippen LogP) is 1.51. The Labute approximate surface area is 91.8 Å². The first-order valence-electron chi connectivity index (χ1n) is 5.85. The molecule has 1 fully saturated rings. The molecule has 0 aromatic carbocycles. The van der Waals surface area contributed by atoms with Crippen molar-refractivity contribution < 1.29 is 9.53 Å². The molecular formula is C11H22N2O2. The SMILES string of the molecule is COC(=O)NCCCCC1CCNCC1. The van der Waals surface area contributed by atoms with Crippen LogP contribution in [-0.2, 0) is 4.74 Å². The fourth-order valence-corrected chi connectivity index (χ4v) is 1.99. The van der Waals surface area contributed by atoms with Gasteiger partial charge in [0.05, 0.1) is 7.11 Å². The molecule has 0 aromatic heterocycles. The van der Waals surface area contributed by atoms with E-state index in [1.807, 2.05) is 0 Å². The third-order valence-corrected chi connectivity index (χ3v) is 2.95. The molecule has 0 spiro atoms. The summed E-state index contributed by atoms with van der Waals surface area (Å²) in [6, 6.07) is 0. The number of rotatable bonds is 5. The summed E-state index contributed by atoms with van der Waals surface area (Å²) < 4.78 is 4.49. The van der Waals surface area contributed by atoms with E-state index >= 15 is 0 Å². The zero-order chi connectivity index (χ0) is 10.9. The summed E-state index contributed by atoms with van der Waals surface area (Å²) in [6.07, 6.45) is 5.85. The van der Waals surface area contributed by atoms with Gasteiger partial charge in [0.1, 0.15) is 0 Å². The van der Waals surface area contributed by atoms with Crippen LogP contribution in [0.4, 0.5) is 4.79 Å². The van der Waals surface area contributed by atoms with Gasteiger partial charge in [-0.3, -0.25) is 0 Å². The normalized spacial score (nSPS) is 17.4. The zero-order valence-electron chi connectivity index (χ0n) is 9.55. The zero-order valence-corrected chi connectivity index (χ0v) is 9.55. The predicted molar refractivity (Wildman–Crippen MR) is 59.9 cm³/mol. The maximum atomic E-state index is 10.7. The summed E-state index contributed by atoms with van der Waals surface area (Å²) in [5, 5.41) is 6.06. The van der Waals surface area contributed by atoms with Crippen LogP contribution in [0.15, 0.2) is 0 Å². The fraction of sp³-hybridized carbons (Fsp3) is 0.909. The average molecular weight is 214 g/mol. The van der Waals surface area contributed by atoms with Crippen molar-refractivity contribution >= 4 is 6.09 Å². The third kappa shape index (κ3) is 5.62. The van der Waals surface area contributed by atoms with Crippen molar-refractivity contribution in [2.75, 3.05) is 26.7 Å². The van der Waals surface area contributed by atoms with E-state index in [2.05, 4.69) is 15.4 Å². The van der Waals surface area contributed by atoms with E-state index < -0.39 is 0 Å². The van der Waals surface area contributed by atoms with E-state index in [0.717, 1.165) is 18.9 Å². The van der Waals surface area contributed by atoms with Gasteiger partial charge in [-0.15, -0.1) is 0 Å². The van der Waals surface area contributed by atoms with Crippen LogP contribution >= 0.6 is 0 Å². The number of alkyl carbamates (subject to hydrolysis) is 1. The molecule has 88 valence electrons. The second-order valence-corrected chi connectivity index (χ2v) is 4.11. The molecule has 4 heteroatoms. The first kappa shape index (κ1) is 12.3. The maximum absolute atomic E-state index is 10.7. The van der Waals surface area contributed by atoms with Crippen molar-refractivity contribution in [1.29, 1.82) is 0 Å². The van der Waals surface area contributed by atoms with Crippen molar-refractivity contribution in [2.24, 2.45) is 5.92 Å². The van der Waals surface area contributed by atoms with Crippen molar-refractivity contribution in [3.05, 3.63) is 0 Å². The van der Waals surface area contributed by atoms with Gasteiger partial charge < -0.3 is 15.4 Å². The number of hydrogen-bond donors (Lipinski definition) is 2. The van der Waals surface area contributed by atoms with Gasteiger partial charge in [-0.25, -0.2) is 4.79 Å². The van der Waals surface area contributed by atoms with Gasteiger partial charge in [0.15, 0.2) is 0 Å². The smallest absolute Gasteiger partial charge is 0.406 e. The van der Waals surface area contributed by atoms with Crippen LogP contribution in [0.3, 0.4) is 0 Å². The van der Waals surface area contributed by atoms with E-state index in [9.17, 15) is 4.79 Å². The lowest BCUT2D eigenvalue weighted by Crippen LogP contribution is -2.28. The Balaban J connectivity index is 1.89. The Bertz CT molecular complexity index is 179. The Morgan fingerprint density at radius 2 is 2.13 bits per heavy atom. The second-order valence-electron chi connectivity index (χ2n) is 4.11. The monoisotopic (exact) mass is 214 g/mol. The minimum atomic E-state index is -0.322. The third-order valence-electron chi connectivity index (χ3n) is 2.95. The minimum absolute atomic E-state index is 0.322. The maximum Gasteiger partial charge on any atom is 0.406 e. The largest absolute Gasteiger partial charge is 0.453 e. The lowest BCUT2D eigenvalue weighted by atomic mass is 9.92. The van der Waals surface area contributed by atoms with E-state index in [0.29, 0.717) is 0 Å². The van der Waals surface area contributed by atoms with Crippen LogP contribution in [0.2, 0.25) is 0 Å².